The van der Waals surface area contributed by atoms with Crippen LogP contribution >= 0.6 is 0 Å². The van der Waals surface area contributed by atoms with E-state index in [1.807, 2.05) is 12.3 Å². The molecule has 1 aromatic carbocycles. The lowest BCUT2D eigenvalue weighted by molar-refractivity contribution is -0.122. The van der Waals surface area contributed by atoms with E-state index in [2.05, 4.69) is 57.3 Å². The van der Waals surface area contributed by atoms with E-state index >= 15 is 0 Å². The van der Waals surface area contributed by atoms with Gasteiger partial charge in [0, 0.05) is 35.3 Å². The number of aromatic nitrogens is 4. The number of carbonyl (C=O) groups excluding carboxylic acids is 1. The summed E-state index contributed by atoms with van der Waals surface area (Å²) in [6, 6.07) is 8.83. The molecule has 0 spiro atoms. The lowest BCUT2D eigenvalue weighted by Gasteiger charge is -2.31. The molecule has 8 nitrogen and oxygen atoms in total. The average Bonchev–Trinajstić information content (AvgIpc) is 3.47. The largest absolute Gasteiger partial charge is 0.386 e. The Morgan fingerprint density at radius 1 is 1.25 bits per heavy atom. The number of fused-ring (bicyclic) bond motifs is 2. The number of carbonyl (C=O) groups is 1. The highest BCUT2D eigenvalue weighted by atomic mass is 16.3. The summed E-state index contributed by atoms with van der Waals surface area (Å²) in [6.07, 6.45) is 5.61. The van der Waals surface area contributed by atoms with Gasteiger partial charge in [-0.15, -0.1) is 0 Å². The van der Waals surface area contributed by atoms with Crippen LogP contribution < -0.4 is 5.32 Å². The maximum absolute atomic E-state index is 11.8. The molecule has 4 heterocycles. The Balaban J connectivity index is 1.52. The molecule has 5 rings (SSSR count). The van der Waals surface area contributed by atoms with Crippen LogP contribution in [0.2, 0.25) is 0 Å². The summed E-state index contributed by atoms with van der Waals surface area (Å²) in [4.78, 5) is 22.0. The van der Waals surface area contributed by atoms with Gasteiger partial charge < -0.3 is 15.4 Å². The molecule has 0 radical (unpaired) electrons. The zero-order valence-corrected chi connectivity index (χ0v) is 21.8. The topological polar surface area (TPSA) is 98.5 Å². The molecule has 3 aromatic heterocycles. The van der Waals surface area contributed by atoms with Crippen molar-refractivity contribution in [3.05, 3.63) is 53.5 Å². The molecule has 0 atom stereocenters. The van der Waals surface area contributed by atoms with Gasteiger partial charge in [-0.1, -0.05) is 19.9 Å². The molecule has 36 heavy (non-hydrogen) atoms. The van der Waals surface area contributed by atoms with E-state index in [0.29, 0.717) is 24.0 Å². The highest BCUT2D eigenvalue weighted by Crippen LogP contribution is 2.39. The maximum Gasteiger partial charge on any atom is 0.233 e. The molecule has 1 aliphatic heterocycles. The first kappa shape index (κ1) is 24.5. The number of amides is 1. The second-order valence-corrected chi connectivity index (χ2v) is 10.8. The molecule has 3 N–H and O–H groups in total. The SMILES string of the molecule is CNC(=O)CN1CCC(c2ccc3[nH]c(-c4cc(C(C)(C)O)c5ncnn5c4)c(C(C)C)c3c2)CC1. The van der Waals surface area contributed by atoms with E-state index in [1.54, 1.807) is 25.4 Å². The Morgan fingerprint density at radius 3 is 2.67 bits per heavy atom. The van der Waals surface area contributed by atoms with Gasteiger partial charge >= 0.3 is 0 Å². The minimum Gasteiger partial charge on any atom is -0.386 e. The maximum atomic E-state index is 11.8. The van der Waals surface area contributed by atoms with Gasteiger partial charge in [0.05, 0.1) is 17.8 Å². The molecule has 0 aliphatic carbocycles. The second-order valence-electron chi connectivity index (χ2n) is 10.8. The van der Waals surface area contributed by atoms with Crippen molar-refractivity contribution >= 4 is 22.5 Å². The van der Waals surface area contributed by atoms with Crippen LogP contribution in [-0.2, 0) is 10.4 Å². The molecule has 0 unspecified atom stereocenters. The van der Waals surface area contributed by atoms with Crippen LogP contribution in [0.25, 0.3) is 27.8 Å². The van der Waals surface area contributed by atoms with E-state index in [9.17, 15) is 9.90 Å². The Morgan fingerprint density at radius 2 is 2.00 bits per heavy atom. The number of likely N-dealkylation sites (N-methyl/N-ethyl adjacent to an activating group) is 1. The van der Waals surface area contributed by atoms with E-state index in [1.165, 1.54) is 22.8 Å². The number of hydrogen-bond acceptors (Lipinski definition) is 5. The third-order valence-electron chi connectivity index (χ3n) is 7.47. The predicted octanol–water partition coefficient (Wildman–Crippen LogP) is 4.15. The molecular weight excluding hydrogens is 452 g/mol. The molecule has 8 heteroatoms. The van der Waals surface area contributed by atoms with Crippen LogP contribution in [0.5, 0.6) is 0 Å². The lowest BCUT2D eigenvalue weighted by atomic mass is 9.87. The first-order chi connectivity index (χ1) is 17.2. The molecule has 190 valence electrons. The highest BCUT2D eigenvalue weighted by molar-refractivity contribution is 5.92. The van der Waals surface area contributed by atoms with Gasteiger partial charge in [-0.2, -0.15) is 5.10 Å². The molecule has 1 amide bonds. The van der Waals surface area contributed by atoms with Gasteiger partial charge in [0.1, 0.15) is 6.33 Å². The molecular formula is C28H36N6O2. The molecule has 1 fully saturated rings. The quantitative estimate of drug-likeness (QED) is 0.379. The van der Waals surface area contributed by atoms with Crippen LogP contribution in [0.4, 0.5) is 0 Å². The summed E-state index contributed by atoms with van der Waals surface area (Å²) in [7, 11) is 1.69. The van der Waals surface area contributed by atoms with Crippen LogP contribution in [-0.4, -0.2) is 62.2 Å². The minimum atomic E-state index is -1.05. The number of hydrogen-bond donors (Lipinski definition) is 3. The van der Waals surface area contributed by atoms with Crippen molar-refractivity contribution in [1.29, 1.82) is 0 Å². The van der Waals surface area contributed by atoms with Gasteiger partial charge in [-0.3, -0.25) is 9.69 Å². The third-order valence-corrected chi connectivity index (χ3v) is 7.47. The number of nitrogens with one attached hydrogen (secondary N) is 2. The number of nitrogens with zero attached hydrogens (tertiary/aromatic N) is 4. The number of aromatic amines is 1. The minimum absolute atomic E-state index is 0.0770. The number of piperidine rings is 1. The summed E-state index contributed by atoms with van der Waals surface area (Å²) < 4.78 is 1.75. The van der Waals surface area contributed by atoms with Crippen molar-refractivity contribution < 1.29 is 9.90 Å². The molecule has 4 aromatic rings. The van der Waals surface area contributed by atoms with Crippen molar-refractivity contribution in [2.75, 3.05) is 26.7 Å². The average molecular weight is 489 g/mol. The predicted molar refractivity (Wildman–Crippen MR) is 142 cm³/mol. The summed E-state index contributed by atoms with van der Waals surface area (Å²) in [5.41, 5.74) is 6.14. The van der Waals surface area contributed by atoms with E-state index in [-0.39, 0.29) is 5.91 Å². The van der Waals surface area contributed by atoms with Crippen molar-refractivity contribution in [2.45, 2.75) is 58.0 Å². The monoisotopic (exact) mass is 488 g/mol. The van der Waals surface area contributed by atoms with E-state index < -0.39 is 5.60 Å². The van der Waals surface area contributed by atoms with Gasteiger partial charge in [-0.25, -0.2) is 9.50 Å². The number of likely N-dealkylation sites (tertiary alicyclic amines) is 1. The summed E-state index contributed by atoms with van der Waals surface area (Å²) in [5, 5.41) is 19.2. The zero-order chi connectivity index (χ0) is 25.6. The van der Waals surface area contributed by atoms with E-state index in [0.717, 1.165) is 48.3 Å². The Kier molecular flexibility index (Phi) is 6.34. The van der Waals surface area contributed by atoms with Gasteiger partial charge in [-0.05, 0) is 80.9 Å². The fourth-order valence-corrected chi connectivity index (χ4v) is 5.53. The Bertz CT molecular complexity index is 1400. The molecule has 0 saturated carbocycles. The van der Waals surface area contributed by atoms with E-state index in [4.69, 9.17) is 0 Å². The smallest absolute Gasteiger partial charge is 0.233 e. The highest BCUT2D eigenvalue weighted by Gasteiger charge is 2.26. The summed E-state index contributed by atoms with van der Waals surface area (Å²) in [5.74, 6) is 0.866. The van der Waals surface area contributed by atoms with Crippen molar-refractivity contribution in [3.8, 4) is 11.3 Å². The first-order valence-corrected chi connectivity index (χ1v) is 12.8. The van der Waals surface area contributed by atoms with Gasteiger partial charge in [0.15, 0.2) is 5.65 Å². The zero-order valence-electron chi connectivity index (χ0n) is 21.8. The number of rotatable bonds is 6. The van der Waals surface area contributed by atoms with Gasteiger partial charge in [0.2, 0.25) is 5.91 Å². The molecule has 0 bridgehead atoms. The first-order valence-electron chi connectivity index (χ1n) is 12.8. The Labute approximate surface area is 211 Å². The van der Waals surface area contributed by atoms with Crippen molar-refractivity contribution in [2.24, 2.45) is 0 Å². The molecule has 1 saturated heterocycles. The standard InChI is InChI=1S/C28H36N6O2/c1-17(2)25-21-12-19(18-8-10-33(11-9-18)15-24(35)29-5)6-7-23(21)32-26(25)20-13-22(28(3,4)36)27-30-16-31-34(27)14-20/h6-7,12-14,16-18,32,36H,8-11,15H2,1-5H3,(H,29,35). The fourth-order valence-electron chi connectivity index (χ4n) is 5.53. The number of H-pyrrole nitrogens is 1. The Hall–Kier alpha value is -3.23. The fraction of sp³-hybridized carbons (Fsp3) is 0.464. The number of aliphatic hydroxyl groups is 1. The lowest BCUT2D eigenvalue weighted by Crippen LogP contribution is -2.40. The van der Waals surface area contributed by atoms with Crippen molar-refractivity contribution in [1.82, 2.24) is 29.8 Å². The molecule has 1 aliphatic rings. The summed E-state index contributed by atoms with van der Waals surface area (Å²) in [6.45, 7) is 10.3. The van der Waals surface area contributed by atoms with Crippen molar-refractivity contribution in [3.63, 3.8) is 0 Å². The van der Waals surface area contributed by atoms with Crippen LogP contribution in [0.3, 0.4) is 0 Å². The van der Waals surface area contributed by atoms with Crippen LogP contribution in [0, 0.1) is 0 Å². The van der Waals surface area contributed by atoms with Crippen LogP contribution in [0.1, 0.15) is 69.1 Å². The van der Waals surface area contributed by atoms with Gasteiger partial charge in [0.25, 0.3) is 0 Å². The summed E-state index contributed by atoms with van der Waals surface area (Å²) >= 11 is 0. The normalized spacial score (nSPS) is 15.9. The number of benzene rings is 1. The number of pyridine rings is 1. The second kappa shape index (κ2) is 9.33. The van der Waals surface area contributed by atoms with Crippen LogP contribution in [0.15, 0.2) is 36.8 Å². The third kappa shape index (κ3) is 4.51.